The highest BCUT2D eigenvalue weighted by molar-refractivity contribution is 5.77. The summed E-state index contributed by atoms with van der Waals surface area (Å²) in [5, 5.41) is 0. The third kappa shape index (κ3) is 0.969. The molecule has 0 aromatic heterocycles. The lowest BCUT2D eigenvalue weighted by atomic mass is 10.0. The Morgan fingerprint density at radius 2 is 2.22 bits per heavy atom. The van der Waals surface area contributed by atoms with Gasteiger partial charge in [-0.1, -0.05) is 6.58 Å². The third-order valence-electron chi connectivity index (χ3n) is 1.58. The average Bonchev–Trinajstić information content (AvgIpc) is 1.79. The molecule has 1 heterocycles. The summed E-state index contributed by atoms with van der Waals surface area (Å²) < 4.78 is 4.92. The Kier molecular flexibility index (Phi) is 1.12. The van der Waals surface area contributed by atoms with Crippen molar-refractivity contribution in [2.24, 2.45) is 0 Å². The first-order valence-corrected chi connectivity index (χ1v) is 2.92. The monoisotopic (exact) mass is 126 g/mol. The number of esters is 1. The Hall–Kier alpha value is -0.790. The van der Waals surface area contributed by atoms with E-state index in [0.717, 1.165) is 5.57 Å². The Labute approximate surface area is 54.5 Å². The highest BCUT2D eigenvalue weighted by Gasteiger charge is 2.34. The second kappa shape index (κ2) is 1.59. The molecule has 0 aromatic rings. The quantitative estimate of drug-likeness (QED) is 0.361. The lowest BCUT2D eigenvalue weighted by Crippen LogP contribution is -2.19. The largest absolute Gasteiger partial charge is 0.455 e. The molecule has 1 aliphatic heterocycles. The van der Waals surface area contributed by atoms with Crippen LogP contribution in [0.4, 0.5) is 0 Å². The second-order valence-electron chi connectivity index (χ2n) is 2.76. The molecule has 0 aliphatic carbocycles. The van der Waals surface area contributed by atoms with Gasteiger partial charge in [0.15, 0.2) is 0 Å². The van der Waals surface area contributed by atoms with Crippen molar-refractivity contribution in [3.05, 3.63) is 12.2 Å². The molecule has 0 aromatic carbocycles. The van der Waals surface area contributed by atoms with Gasteiger partial charge in [-0.05, 0) is 19.4 Å². The van der Waals surface area contributed by atoms with Crippen molar-refractivity contribution in [2.45, 2.75) is 25.9 Å². The number of rotatable bonds is 0. The van der Waals surface area contributed by atoms with Gasteiger partial charge in [0, 0.05) is 0 Å². The van der Waals surface area contributed by atoms with Gasteiger partial charge in [0.1, 0.15) is 5.60 Å². The smallest absolute Gasteiger partial charge is 0.310 e. The van der Waals surface area contributed by atoms with E-state index in [4.69, 9.17) is 4.74 Å². The van der Waals surface area contributed by atoms with Gasteiger partial charge in [0.25, 0.3) is 0 Å². The first kappa shape index (κ1) is 6.33. The molecule has 1 fully saturated rings. The standard InChI is InChI=1S/C7H10O2/c1-5-4-6(8)9-7(5,2)3/h1,4H2,2-3H3. The molecule has 0 N–H and O–H groups in total. The summed E-state index contributed by atoms with van der Waals surface area (Å²) >= 11 is 0. The Morgan fingerprint density at radius 3 is 2.33 bits per heavy atom. The van der Waals surface area contributed by atoms with Crippen LogP contribution < -0.4 is 0 Å². The summed E-state index contributed by atoms with van der Waals surface area (Å²) in [6.45, 7) is 7.41. The fourth-order valence-electron chi connectivity index (χ4n) is 0.780. The molecule has 1 saturated heterocycles. The molecule has 1 rings (SSSR count). The molecule has 0 atom stereocenters. The van der Waals surface area contributed by atoms with Crippen LogP contribution in [-0.4, -0.2) is 11.6 Å². The van der Waals surface area contributed by atoms with Crippen LogP contribution in [0.5, 0.6) is 0 Å². The Bertz CT molecular complexity index is 168. The zero-order valence-electron chi connectivity index (χ0n) is 5.73. The van der Waals surface area contributed by atoms with E-state index in [0.29, 0.717) is 6.42 Å². The minimum absolute atomic E-state index is 0.162. The highest BCUT2D eigenvalue weighted by atomic mass is 16.6. The van der Waals surface area contributed by atoms with Crippen LogP contribution >= 0.6 is 0 Å². The van der Waals surface area contributed by atoms with E-state index >= 15 is 0 Å². The van der Waals surface area contributed by atoms with E-state index in [1.165, 1.54) is 0 Å². The van der Waals surface area contributed by atoms with E-state index in [1.54, 1.807) is 0 Å². The zero-order valence-corrected chi connectivity index (χ0v) is 5.73. The lowest BCUT2D eigenvalue weighted by Gasteiger charge is -2.16. The van der Waals surface area contributed by atoms with E-state index in [9.17, 15) is 4.79 Å². The van der Waals surface area contributed by atoms with Crippen molar-refractivity contribution in [1.82, 2.24) is 0 Å². The normalized spacial score (nSPS) is 24.2. The number of carbonyl (C=O) groups is 1. The van der Waals surface area contributed by atoms with Crippen LogP contribution in [0, 0.1) is 0 Å². The SMILES string of the molecule is C=C1CC(=O)OC1(C)C. The van der Waals surface area contributed by atoms with Crippen LogP contribution in [0.15, 0.2) is 12.2 Å². The predicted octanol–water partition coefficient (Wildman–Crippen LogP) is 1.27. The third-order valence-corrected chi connectivity index (χ3v) is 1.58. The maximum atomic E-state index is 10.6. The van der Waals surface area contributed by atoms with E-state index in [2.05, 4.69) is 6.58 Å². The van der Waals surface area contributed by atoms with Gasteiger partial charge in [-0.2, -0.15) is 0 Å². The topological polar surface area (TPSA) is 26.3 Å². The van der Waals surface area contributed by atoms with Crippen LogP contribution in [0.3, 0.4) is 0 Å². The fraction of sp³-hybridized carbons (Fsp3) is 0.571. The molecule has 0 saturated carbocycles. The first-order valence-electron chi connectivity index (χ1n) is 2.92. The summed E-state index contributed by atoms with van der Waals surface area (Å²) in [6.07, 6.45) is 0.382. The van der Waals surface area contributed by atoms with Gasteiger partial charge < -0.3 is 4.74 Å². The minimum atomic E-state index is -0.420. The molecule has 1 aliphatic rings. The fourth-order valence-corrected chi connectivity index (χ4v) is 0.780. The van der Waals surface area contributed by atoms with Crippen molar-refractivity contribution in [3.8, 4) is 0 Å². The molecule has 9 heavy (non-hydrogen) atoms. The summed E-state index contributed by atoms with van der Waals surface area (Å²) in [7, 11) is 0. The summed E-state index contributed by atoms with van der Waals surface area (Å²) in [4.78, 5) is 10.6. The molecule has 2 nitrogen and oxygen atoms in total. The number of ether oxygens (including phenoxy) is 1. The van der Waals surface area contributed by atoms with E-state index in [-0.39, 0.29) is 5.97 Å². The molecule has 2 heteroatoms. The molecule has 50 valence electrons. The van der Waals surface area contributed by atoms with Gasteiger partial charge in [-0.15, -0.1) is 0 Å². The van der Waals surface area contributed by atoms with Gasteiger partial charge >= 0.3 is 5.97 Å². The number of hydrogen-bond donors (Lipinski definition) is 0. The number of hydrogen-bond acceptors (Lipinski definition) is 2. The second-order valence-corrected chi connectivity index (χ2v) is 2.76. The van der Waals surface area contributed by atoms with Crippen LogP contribution in [0.2, 0.25) is 0 Å². The molecule has 0 amide bonds. The predicted molar refractivity (Wildman–Crippen MR) is 33.9 cm³/mol. The summed E-state index contributed by atoms with van der Waals surface area (Å²) in [5.74, 6) is -0.162. The maximum Gasteiger partial charge on any atom is 0.310 e. The van der Waals surface area contributed by atoms with Crippen LogP contribution in [0.1, 0.15) is 20.3 Å². The van der Waals surface area contributed by atoms with Crippen molar-refractivity contribution >= 4 is 5.97 Å². The molecule has 0 unspecified atom stereocenters. The highest BCUT2D eigenvalue weighted by Crippen LogP contribution is 2.29. The summed E-state index contributed by atoms with van der Waals surface area (Å²) in [6, 6.07) is 0. The van der Waals surface area contributed by atoms with Gasteiger partial charge in [0.2, 0.25) is 0 Å². The molecule has 0 spiro atoms. The van der Waals surface area contributed by atoms with Crippen molar-refractivity contribution in [2.75, 3.05) is 0 Å². The first-order chi connectivity index (χ1) is 4.02. The van der Waals surface area contributed by atoms with Crippen molar-refractivity contribution in [3.63, 3.8) is 0 Å². The number of carbonyl (C=O) groups excluding carboxylic acids is 1. The molecular formula is C7H10O2. The summed E-state index contributed by atoms with van der Waals surface area (Å²) in [5.41, 5.74) is 0.448. The van der Waals surface area contributed by atoms with Crippen molar-refractivity contribution < 1.29 is 9.53 Å². The van der Waals surface area contributed by atoms with Gasteiger partial charge in [-0.3, -0.25) is 4.79 Å². The average molecular weight is 126 g/mol. The number of cyclic esters (lactones) is 1. The molecule has 0 bridgehead atoms. The molecular weight excluding hydrogens is 116 g/mol. The Balaban J connectivity index is 2.81. The Morgan fingerprint density at radius 1 is 1.67 bits per heavy atom. The van der Waals surface area contributed by atoms with Crippen molar-refractivity contribution in [1.29, 1.82) is 0 Å². The van der Waals surface area contributed by atoms with Crippen LogP contribution in [-0.2, 0) is 9.53 Å². The van der Waals surface area contributed by atoms with Crippen LogP contribution in [0.25, 0.3) is 0 Å². The zero-order chi connectivity index (χ0) is 7.07. The van der Waals surface area contributed by atoms with E-state index < -0.39 is 5.60 Å². The molecule has 0 radical (unpaired) electrons. The van der Waals surface area contributed by atoms with E-state index in [1.807, 2.05) is 13.8 Å². The minimum Gasteiger partial charge on any atom is -0.455 e. The maximum absolute atomic E-state index is 10.6. The van der Waals surface area contributed by atoms with Gasteiger partial charge in [-0.25, -0.2) is 0 Å². The lowest BCUT2D eigenvalue weighted by molar-refractivity contribution is -0.145. The van der Waals surface area contributed by atoms with Gasteiger partial charge in [0.05, 0.1) is 6.42 Å².